The van der Waals surface area contributed by atoms with E-state index in [1.807, 2.05) is 60.7 Å². The second kappa shape index (κ2) is 12.1. The molecule has 2 rings (SSSR count). The molecule has 6 N–H and O–H groups in total. The van der Waals surface area contributed by atoms with Crippen molar-refractivity contribution in [3.63, 3.8) is 0 Å². The molecule has 0 aliphatic rings. The van der Waals surface area contributed by atoms with E-state index in [4.69, 9.17) is 24.4 Å². The normalized spacial score (nSPS) is 9.60. The van der Waals surface area contributed by atoms with Crippen LogP contribution in [-0.2, 0) is 22.4 Å². The fraction of sp³-hybridized carbons (Fsp3) is 0.105. The lowest BCUT2D eigenvalue weighted by Crippen LogP contribution is -2.56. The number of thiocarbonyl (C=S) groups is 2. The van der Waals surface area contributed by atoms with Crippen LogP contribution >= 0.6 is 24.4 Å². The Labute approximate surface area is 183 Å². The summed E-state index contributed by atoms with van der Waals surface area (Å²) in [7, 11) is 0. The molecule has 30 heavy (non-hydrogen) atoms. The molecule has 0 unspecified atom stereocenters. The van der Waals surface area contributed by atoms with E-state index >= 15 is 0 Å². The zero-order chi connectivity index (χ0) is 21.8. The summed E-state index contributed by atoms with van der Waals surface area (Å²) < 4.78 is 0. The maximum Gasteiger partial charge on any atom is 0.352 e. The van der Waals surface area contributed by atoms with E-state index in [9.17, 15) is 14.4 Å². The molecule has 0 saturated carbocycles. The molecule has 2 aromatic rings. The van der Waals surface area contributed by atoms with Crippen LogP contribution in [0.25, 0.3) is 0 Å². The van der Waals surface area contributed by atoms with Gasteiger partial charge in [-0.1, -0.05) is 60.7 Å². The van der Waals surface area contributed by atoms with E-state index in [1.165, 1.54) is 0 Å². The SMILES string of the molecule is O=C(Cc1ccccc1)NC(=S)NNC(=O)NNC(=S)NC(=O)Cc1ccccc1. The zero-order valence-electron chi connectivity index (χ0n) is 15.7. The second-order valence-electron chi connectivity index (χ2n) is 5.91. The number of benzene rings is 2. The van der Waals surface area contributed by atoms with Gasteiger partial charge in [0.25, 0.3) is 0 Å². The van der Waals surface area contributed by atoms with E-state index in [0.717, 1.165) is 11.1 Å². The lowest BCUT2D eigenvalue weighted by atomic mass is 10.1. The summed E-state index contributed by atoms with van der Waals surface area (Å²) in [5.74, 6) is -0.664. The van der Waals surface area contributed by atoms with Crippen LogP contribution in [0.4, 0.5) is 4.79 Å². The van der Waals surface area contributed by atoms with Gasteiger partial charge < -0.3 is 10.6 Å². The molecular formula is C19H20N6O3S2. The van der Waals surface area contributed by atoms with Crippen molar-refractivity contribution >= 4 is 52.5 Å². The van der Waals surface area contributed by atoms with E-state index in [1.54, 1.807) is 0 Å². The van der Waals surface area contributed by atoms with Crippen molar-refractivity contribution in [2.24, 2.45) is 0 Å². The Morgan fingerprint density at radius 1 is 0.600 bits per heavy atom. The van der Waals surface area contributed by atoms with Crippen LogP contribution in [0.5, 0.6) is 0 Å². The van der Waals surface area contributed by atoms with E-state index in [-0.39, 0.29) is 34.9 Å². The number of hydrogen-bond donors (Lipinski definition) is 6. The predicted molar refractivity (Wildman–Crippen MR) is 120 cm³/mol. The Bertz CT molecular complexity index is 836. The number of rotatable bonds is 4. The molecule has 0 bridgehead atoms. The Morgan fingerprint density at radius 3 is 1.33 bits per heavy atom. The van der Waals surface area contributed by atoms with Gasteiger partial charge in [-0.3, -0.25) is 20.4 Å². The molecule has 156 valence electrons. The molecule has 0 fully saturated rings. The average Bonchev–Trinajstić information content (AvgIpc) is 2.72. The lowest BCUT2D eigenvalue weighted by Gasteiger charge is -2.13. The largest absolute Gasteiger partial charge is 0.352 e. The summed E-state index contributed by atoms with van der Waals surface area (Å²) in [6.45, 7) is 0. The van der Waals surface area contributed by atoms with Crippen LogP contribution in [0.3, 0.4) is 0 Å². The summed E-state index contributed by atoms with van der Waals surface area (Å²) in [4.78, 5) is 35.5. The summed E-state index contributed by atoms with van der Waals surface area (Å²) in [6, 6.07) is 17.5. The third-order valence-electron chi connectivity index (χ3n) is 3.50. The van der Waals surface area contributed by atoms with Gasteiger partial charge in [0.15, 0.2) is 10.2 Å². The van der Waals surface area contributed by atoms with Crippen molar-refractivity contribution in [3.8, 4) is 0 Å². The fourth-order valence-electron chi connectivity index (χ4n) is 2.22. The fourth-order valence-corrected chi connectivity index (χ4v) is 2.55. The van der Waals surface area contributed by atoms with E-state index < -0.39 is 6.03 Å². The predicted octanol–water partition coefficient (Wildman–Crippen LogP) is 0.582. The molecule has 0 radical (unpaired) electrons. The Hall–Kier alpha value is -3.57. The standard InChI is InChI=1S/C19H20N6O3S2/c26-15(11-13-7-3-1-4-8-13)20-18(29)24-22-17(28)23-25-19(30)21-16(27)12-14-9-5-2-6-10-14/h1-10H,11-12H2,(H2,22,23,28)(H2,20,24,26,29)(H2,21,25,27,30). The molecule has 0 atom stereocenters. The van der Waals surface area contributed by atoms with Gasteiger partial charge >= 0.3 is 6.03 Å². The lowest BCUT2D eigenvalue weighted by molar-refractivity contribution is -0.119. The van der Waals surface area contributed by atoms with E-state index in [2.05, 4.69) is 32.3 Å². The topological polar surface area (TPSA) is 123 Å². The molecule has 0 aliphatic heterocycles. The molecule has 0 heterocycles. The highest BCUT2D eigenvalue weighted by atomic mass is 32.1. The summed E-state index contributed by atoms with van der Waals surface area (Å²) in [6.07, 6.45) is 0.292. The minimum Gasteiger partial charge on any atom is -0.302 e. The highest BCUT2D eigenvalue weighted by Gasteiger charge is 2.08. The Kier molecular flexibility index (Phi) is 9.16. The van der Waals surface area contributed by atoms with Crippen LogP contribution in [0.2, 0.25) is 0 Å². The van der Waals surface area contributed by atoms with Crippen molar-refractivity contribution < 1.29 is 14.4 Å². The molecular weight excluding hydrogens is 424 g/mol. The van der Waals surface area contributed by atoms with Crippen LogP contribution in [-0.4, -0.2) is 28.1 Å². The van der Waals surface area contributed by atoms with Gasteiger partial charge in [-0.15, -0.1) is 0 Å². The van der Waals surface area contributed by atoms with Gasteiger partial charge in [0.1, 0.15) is 0 Å². The van der Waals surface area contributed by atoms with Gasteiger partial charge in [-0.2, -0.15) is 0 Å². The van der Waals surface area contributed by atoms with Gasteiger partial charge in [0.2, 0.25) is 11.8 Å². The van der Waals surface area contributed by atoms with Crippen LogP contribution in [0.15, 0.2) is 60.7 Å². The van der Waals surface area contributed by atoms with E-state index in [0.29, 0.717) is 0 Å². The van der Waals surface area contributed by atoms with Crippen molar-refractivity contribution in [2.45, 2.75) is 12.8 Å². The number of urea groups is 1. The van der Waals surface area contributed by atoms with Crippen LogP contribution < -0.4 is 32.3 Å². The smallest absolute Gasteiger partial charge is 0.302 e. The summed E-state index contributed by atoms with van der Waals surface area (Å²) in [5, 5.41) is 4.71. The van der Waals surface area contributed by atoms with Gasteiger partial charge in [-0.05, 0) is 35.6 Å². The Morgan fingerprint density at radius 2 is 0.967 bits per heavy atom. The van der Waals surface area contributed by atoms with Crippen molar-refractivity contribution in [2.75, 3.05) is 0 Å². The molecule has 0 saturated heterocycles. The second-order valence-corrected chi connectivity index (χ2v) is 6.72. The quantitative estimate of drug-likeness (QED) is 0.301. The molecule has 0 spiro atoms. The number of hydrogen-bond acceptors (Lipinski definition) is 5. The van der Waals surface area contributed by atoms with Crippen LogP contribution in [0.1, 0.15) is 11.1 Å². The van der Waals surface area contributed by atoms with Gasteiger partial charge in [-0.25, -0.2) is 15.6 Å². The minimum absolute atomic E-state index is 0.0789. The summed E-state index contributed by atoms with van der Waals surface area (Å²) in [5.41, 5.74) is 10.8. The maximum atomic E-state index is 11.9. The minimum atomic E-state index is -0.741. The molecule has 0 aliphatic carbocycles. The zero-order valence-corrected chi connectivity index (χ0v) is 17.4. The molecule has 9 nitrogen and oxygen atoms in total. The molecule has 11 heteroatoms. The molecule has 2 aromatic carbocycles. The first-order valence-electron chi connectivity index (χ1n) is 8.76. The van der Waals surface area contributed by atoms with Gasteiger partial charge in [0, 0.05) is 0 Å². The highest BCUT2D eigenvalue weighted by molar-refractivity contribution is 7.80. The average molecular weight is 445 g/mol. The van der Waals surface area contributed by atoms with Crippen molar-refractivity contribution in [3.05, 3.63) is 71.8 Å². The highest BCUT2D eigenvalue weighted by Crippen LogP contribution is 1.99. The third-order valence-corrected chi connectivity index (χ3v) is 3.91. The first kappa shape index (κ1) is 22.7. The molecule has 4 amide bonds. The number of amides is 4. The summed E-state index contributed by atoms with van der Waals surface area (Å²) >= 11 is 9.86. The monoisotopic (exact) mass is 444 g/mol. The number of hydrazine groups is 2. The third kappa shape index (κ3) is 9.08. The number of carbonyl (C=O) groups is 3. The molecule has 0 aromatic heterocycles. The van der Waals surface area contributed by atoms with Crippen molar-refractivity contribution in [1.82, 2.24) is 32.3 Å². The maximum absolute atomic E-state index is 11.9. The van der Waals surface area contributed by atoms with Crippen molar-refractivity contribution in [1.29, 1.82) is 0 Å². The number of carbonyl (C=O) groups excluding carboxylic acids is 3. The first-order valence-corrected chi connectivity index (χ1v) is 9.57. The Balaban J connectivity index is 1.60. The van der Waals surface area contributed by atoms with Gasteiger partial charge in [0.05, 0.1) is 12.8 Å². The first-order chi connectivity index (χ1) is 14.4. The van der Waals surface area contributed by atoms with Crippen LogP contribution in [0, 0.1) is 0 Å². The number of nitrogens with one attached hydrogen (secondary N) is 6.